The molecule has 1 heteroatoms. The summed E-state index contributed by atoms with van der Waals surface area (Å²) in [7, 11) is 0. The fraction of sp³-hybridized carbons (Fsp3) is 0.750. The van der Waals surface area contributed by atoms with Crippen LogP contribution >= 0.6 is 0 Å². The first-order valence-corrected chi connectivity index (χ1v) is 5.41. The van der Waals surface area contributed by atoms with Crippen molar-refractivity contribution in [3.63, 3.8) is 0 Å². The van der Waals surface area contributed by atoms with Gasteiger partial charge < -0.3 is 0 Å². The van der Waals surface area contributed by atoms with Crippen molar-refractivity contribution in [2.75, 3.05) is 0 Å². The summed E-state index contributed by atoms with van der Waals surface area (Å²) in [6, 6.07) is 0. The van der Waals surface area contributed by atoms with Crippen molar-refractivity contribution in [3.8, 4) is 0 Å². The molecule has 4 bridgehead atoms. The van der Waals surface area contributed by atoms with Crippen molar-refractivity contribution in [1.82, 2.24) is 0 Å². The molecule has 4 aliphatic carbocycles. The van der Waals surface area contributed by atoms with Crippen molar-refractivity contribution in [2.45, 2.75) is 32.1 Å². The van der Waals surface area contributed by atoms with Crippen LogP contribution in [0.3, 0.4) is 0 Å². The number of rotatable bonds is 2. The molecule has 1 nitrogen and oxygen atoms in total. The van der Waals surface area contributed by atoms with E-state index in [1.165, 1.54) is 32.1 Å². The third kappa shape index (κ3) is 0.806. The van der Waals surface area contributed by atoms with Gasteiger partial charge in [-0.25, -0.2) is 0 Å². The molecule has 0 aliphatic heterocycles. The zero-order valence-corrected chi connectivity index (χ0v) is 7.96. The van der Waals surface area contributed by atoms with Crippen LogP contribution in [0.15, 0.2) is 12.7 Å². The van der Waals surface area contributed by atoms with Gasteiger partial charge in [0.1, 0.15) is 0 Å². The largest absolute Gasteiger partial charge is 0.294 e. The van der Waals surface area contributed by atoms with Crippen LogP contribution in [0.5, 0.6) is 0 Å². The molecule has 0 radical (unpaired) electrons. The smallest absolute Gasteiger partial charge is 0.161 e. The van der Waals surface area contributed by atoms with Gasteiger partial charge in [0.25, 0.3) is 0 Å². The molecule has 4 rings (SSSR count). The summed E-state index contributed by atoms with van der Waals surface area (Å²) >= 11 is 0. The lowest BCUT2D eigenvalue weighted by Gasteiger charge is -2.30. The molecule has 0 spiro atoms. The van der Waals surface area contributed by atoms with Gasteiger partial charge in [-0.2, -0.15) is 0 Å². The van der Waals surface area contributed by atoms with Crippen molar-refractivity contribution in [3.05, 3.63) is 12.7 Å². The second-order valence-corrected chi connectivity index (χ2v) is 5.27. The van der Waals surface area contributed by atoms with Gasteiger partial charge >= 0.3 is 0 Å². The van der Waals surface area contributed by atoms with E-state index in [-0.39, 0.29) is 5.41 Å². The van der Waals surface area contributed by atoms with E-state index in [2.05, 4.69) is 6.58 Å². The maximum Gasteiger partial charge on any atom is 0.161 e. The summed E-state index contributed by atoms with van der Waals surface area (Å²) in [5, 5.41) is 0. The second-order valence-electron chi connectivity index (χ2n) is 5.27. The van der Waals surface area contributed by atoms with E-state index in [0.717, 1.165) is 17.8 Å². The van der Waals surface area contributed by atoms with Gasteiger partial charge in [0.05, 0.1) is 0 Å². The number of hydrogen-bond acceptors (Lipinski definition) is 1. The minimum atomic E-state index is 0.0787. The Balaban J connectivity index is 2.00. The van der Waals surface area contributed by atoms with E-state index in [1.54, 1.807) is 6.08 Å². The van der Waals surface area contributed by atoms with Crippen LogP contribution in [0.4, 0.5) is 0 Å². The average Bonchev–Trinajstić information content (AvgIpc) is 2.51. The lowest BCUT2D eigenvalue weighted by Crippen LogP contribution is -2.30. The zero-order valence-electron chi connectivity index (χ0n) is 7.96. The van der Waals surface area contributed by atoms with Crippen LogP contribution in [-0.4, -0.2) is 5.78 Å². The normalized spacial score (nSPS) is 51.2. The Labute approximate surface area is 79.2 Å². The van der Waals surface area contributed by atoms with Crippen LogP contribution in [0.25, 0.3) is 0 Å². The molecule has 2 unspecified atom stereocenters. The Morgan fingerprint density at radius 1 is 1.23 bits per heavy atom. The van der Waals surface area contributed by atoms with E-state index in [1.807, 2.05) is 0 Å². The fourth-order valence-corrected chi connectivity index (χ4v) is 4.40. The molecule has 4 fully saturated rings. The molecule has 0 saturated heterocycles. The van der Waals surface area contributed by atoms with Gasteiger partial charge in [-0.05, 0) is 55.9 Å². The fourth-order valence-electron chi connectivity index (χ4n) is 4.40. The summed E-state index contributed by atoms with van der Waals surface area (Å²) in [5.74, 6) is 2.83. The standard InChI is InChI=1S/C12H16O/c1-2-11(13)12-6-8-3-9(7-12)5-10(12)4-8/h2,8-10H,1,3-7H2. The SMILES string of the molecule is C=CC(=O)C12CC3CC(CC1C3)C2. The molecule has 2 atom stereocenters. The van der Waals surface area contributed by atoms with E-state index in [4.69, 9.17) is 0 Å². The van der Waals surface area contributed by atoms with E-state index in [0.29, 0.717) is 5.78 Å². The summed E-state index contributed by atoms with van der Waals surface area (Å²) in [5.41, 5.74) is 0.0787. The number of allylic oxidation sites excluding steroid dienone is 1. The van der Waals surface area contributed by atoms with Gasteiger partial charge in [-0.1, -0.05) is 6.58 Å². The minimum absolute atomic E-state index is 0.0787. The molecule has 0 aromatic rings. The van der Waals surface area contributed by atoms with Crippen molar-refractivity contribution < 1.29 is 4.79 Å². The predicted octanol–water partition coefficient (Wildman–Crippen LogP) is 2.57. The monoisotopic (exact) mass is 176 g/mol. The Kier molecular flexibility index (Phi) is 1.35. The summed E-state index contributed by atoms with van der Waals surface area (Å²) in [6.45, 7) is 3.65. The van der Waals surface area contributed by atoms with Crippen LogP contribution in [0.2, 0.25) is 0 Å². The highest BCUT2D eigenvalue weighted by Crippen LogP contribution is 2.65. The highest BCUT2D eigenvalue weighted by atomic mass is 16.1. The maximum atomic E-state index is 11.9. The number of carbonyl (C=O) groups is 1. The molecule has 0 aromatic carbocycles. The summed E-state index contributed by atoms with van der Waals surface area (Å²) < 4.78 is 0. The average molecular weight is 176 g/mol. The van der Waals surface area contributed by atoms with Gasteiger partial charge in [-0.3, -0.25) is 4.79 Å². The number of hydrogen-bond donors (Lipinski definition) is 0. The Morgan fingerprint density at radius 3 is 2.38 bits per heavy atom. The molecule has 0 N–H and O–H groups in total. The predicted molar refractivity (Wildman–Crippen MR) is 51.2 cm³/mol. The minimum Gasteiger partial charge on any atom is -0.294 e. The first kappa shape index (κ1) is 7.78. The van der Waals surface area contributed by atoms with Crippen LogP contribution in [-0.2, 0) is 4.79 Å². The van der Waals surface area contributed by atoms with E-state index >= 15 is 0 Å². The molecule has 13 heavy (non-hydrogen) atoms. The lowest BCUT2D eigenvalue weighted by molar-refractivity contribution is -0.125. The zero-order chi connectivity index (χ0) is 9.05. The molecule has 0 amide bonds. The molecule has 70 valence electrons. The van der Waals surface area contributed by atoms with Crippen molar-refractivity contribution in [2.24, 2.45) is 23.2 Å². The van der Waals surface area contributed by atoms with Gasteiger partial charge in [0, 0.05) is 5.41 Å². The first-order valence-electron chi connectivity index (χ1n) is 5.41. The summed E-state index contributed by atoms with van der Waals surface area (Å²) in [4.78, 5) is 11.9. The lowest BCUT2D eigenvalue weighted by atomic mass is 9.73. The topological polar surface area (TPSA) is 17.1 Å². The van der Waals surface area contributed by atoms with E-state index < -0.39 is 0 Å². The molecule has 0 aromatic heterocycles. The Morgan fingerprint density at radius 2 is 1.85 bits per heavy atom. The number of carbonyl (C=O) groups excluding carboxylic acids is 1. The van der Waals surface area contributed by atoms with Gasteiger partial charge in [0.15, 0.2) is 5.78 Å². The summed E-state index contributed by atoms with van der Waals surface area (Å²) in [6.07, 6.45) is 8.00. The van der Waals surface area contributed by atoms with Crippen LogP contribution < -0.4 is 0 Å². The first-order chi connectivity index (χ1) is 6.24. The van der Waals surface area contributed by atoms with Crippen molar-refractivity contribution in [1.29, 1.82) is 0 Å². The molecular weight excluding hydrogens is 160 g/mol. The maximum absolute atomic E-state index is 11.9. The second kappa shape index (κ2) is 2.26. The molecular formula is C12H16O. The third-order valence-electron chi connectivity index (χ3n) is 4.67. The van der Waals surface area contributed by atoms with Gasteiger partial charge in [-0.15, -0.1) is 0 Å². The molecule has 4 saturated carbocycles. The third-order valence-corrected chi connectivity index (χ3v) is 4.67. The van der Waals surface area contributed by atoms with Crippen LogP contribution in [0, 0.1) is 23.2 Å². The highest BCUT2D eigenvalue weighted by Gasteiger charge is 2.60. The molecule has 4 aliphatic rings. The van der Waals surface area contributed by atoms with Gasteiger partial charge in [0.2, 0.25) is 0 Å². The quantitative estimate of drug-likeness (QED) is 0.591. The highest BCUT2D eigenvalue weighted by molar-refractivity contribution is 5.95. The Bertz CT molecular complexity index is 265. The van der Waals surface area contributed by atoms with E-state index in [9.17, 15) is 4.79 Å². The van der Waals surface area contributed by atoms with Crippen LogP contribution in [0.1, 0.15) is 32.1 Å². The Hall–Kier alpha value is -0.590. The van der Waals surface area contributed by atoms with Crippen molar-refractivity contribution >= 4 is 5.78 Å². The molecule has 0 heterocycles. The number of ketones is 1.